The summed E-state index contributed by atoms with van der Waals surface area (Å²) in [5.41, 5.74) is 2.53. The van der Waals surface area contributed by atoms with E-state index >= 15 is 0 Å². The first-order valence-corrected chi connectivity index (χ1v) is 22.9. The lowest BCUT2D eigenvalue weighted by molar-refractivity contribution is -0.236. The van der Waals surface area contributed by atoms with Gasteiger partial charge in [-0.1, -0.05) is 73.0 Å². The van der Waals surface area contributed by atoms with Gasteiger partial charge in [0.05, 0.1) is 17.5 Å². The predicted octanol–water partition coefficient (Wildman–Crippen LogP) is 9.42. The molecule has 0 saturated heterocycles. The summed E-state index contributed by atoms with van der Waals surface area (Å²) in [5.74, 6) is 0.271. The van der Waals surface area contributed by atoms with Crippen LogP contribution >= 0.6 is 0 Å². The highest BCUT2D eigenvalue weighted by molar-refractivity contribution is 6.00. The third-order valence-corrected chi connectivity index (χ3v) is 18.7. The predicted molar refractivity (Wildman–Crippen MR) is 227 cm³/mol. The van der Waals surface area contributed by atoms with Gasteiger partial charge in [-0.05, 0) is 149 Å². The average Bonchev–Trinajstić information content (AvgIpc) is 3.61. The molecule has 10 heteroatoms. The van der Waals surface area contributed by atoms with Gasteiger partial charge >= 0.3 is 11.9 Å². The second-order valence-electron chi connectivity index (χ2n) is 23.2. The van der Waals surface area contributed by atoms with Gasteiger partial charge < -0.3 is 25.0 Å². The van der Waals surface area contributed by atoms with Gasteiger partial charge in [-0.2, -0.15) is 0 Å². The number of carboxylic acid groups (broad SMARTS) is 1. The van der Waals surface area contributed by atoms with Crippen molar-refractivity contribution < 1.29 is 33.5 Å². The molecule has 0 bridgehead atoms. The van der Waals surface area contributed by atoms with E-state index in [1.165, 1.54) is 5.57 Å². The number of carbonyl (C=O) groups excluding carboxylic acids is 3. The minimum absolute atomic E-state index is 0.0648. The molecule has 1 aromatic heterocycles. The molecule has 1 amide bonds. The Labute approximate surface area is 353 Å². The van der Waals surface area contributed by atoms with Crippen molar-refractivity contribution in [3.05, 3.63) is 28.2 Å². The van der Waals surface area contributed by atoms with Crippen molar-refractivity contribution in [1.82, 2.24) is 15.8 Å². The second kappa shape index (κ2) is 14.5. The van der Waals surface area contributed by atoms with E-state index in [-0.39, 0.29) is 56.9 Å². The Morgan fingerprint density at radius 2 is 1.59 bits per heavy atom. The number of Topliss-reactive ketones (excluding diaryl/α,β-unsaturated/α-hetero) is 1. The van der Waals surface area contributed by atoms with Crippen molar-refractivity contribution in [2.75, 3.05) is 13.1 Å². The van der Waals surface area contributed by atoms with Crippen LogP contribution in [-0.4, -0.2) is 58.6 Å². The molecule has 1 heterocycles. The maximum Gasteiger partial charge on any atom is 0.309 e. The third-order valence-electron chi connectivity index (χ3n) is 18.7. The summed E-state index contributed by atoms with van der Waals surface area (Å²) in [7, 11) is 0. The number of carbonyl (C=O) groups is 4. The average molecular weight is 818 g/mol. The molecule has 7 rings (SSSR count). The van der Waals surface area contributed by atoms with Crippen molar-refractivity contribution in [2.45, 2.75) is 172 Å². The van der Waals surface area contributed by atoms with E-state index < -0.39 is 22.8 Å². The van der Waals surface area contributed by atoms with Crippen LogP contribution in [0.3, 0.4) is 0 Å². The summed E-state index contributed by atoms with van der Waals surface area (Å²) < 4.78 is 11.7. The molecular formula is C49H75N3O7. The van der Waals surface area contributed by atoms with Gasteiger partial charge in [0, 0.05) is 29.3 Å². The number of fused-ring (bicyclic) bond motifs is 7. The molecule has 3 N–H and O–H groups in total. The summed E-state index contributed by atoms with van der Waals surface area (Å²) in [4.78, 5) is 52.8. The van der Waals surface area contributed by atoms with E-state index in [9.17, 15) is 24.3 Å². The van der Waals surface area contributed by atoms with Crippen LogP contribution in [0.1, 0.15) is 169 Å². The number of aryl methyl sites for hydroxylation is 2. The number of hydrogen-bond donors (Lipinski definition) is 3. The Morgan fingerprint density at radius 3 is 2.20 bits per heavy atom. The number of aliphatic carboxylic acids is 1. The molecule has 6 aliphatic rings. The van der Waals surface area contributed by atoms with Crippen LogP contribution in [0.5, 0.6) is 0 Å². The number of esters is 1. The van der Waals surface area contributed by atoms with E-state index in [2.05, 4.69) is 64.3 Å². The summed E-state index contributed by atoms with van der Waals surface area (Å²) >= 11 is 0. The molecule has 59 heavy (non-hydrogen) atoms. The van der Waals surface area contributed by atoms with E-state index in [1.54, 1.807) is 13.8 Å². The summed E-state index contributed by atoms with van der Waals surface area (Å²) in [6.07, 6.45) is 10.2. The van der Waals surface area contributed by atoms with Gasteiger partial charge in [0.1, 0.15) is 17.4 Å². The second-order valence-corrected chi connectivity index (χ2v) is 23.2. The van der Waals surface area contributed by atoms with Crippen LogP contribution in [0, 0.1) is 81.8 Å². The highest BCUT2D eigenvalue weighted by atomic mass is 16.5. The molecule has 0 radical (unpaired) electrons. The molecule has 0 aliphatic heterocycles. The highest BCUT2D eigenvalue weighted by Crippen LogP contribution is 2.77. The van der Waals surface area contributed by atoms with Crippen molar-refractivity contribution in [3.63, 3.8) is 0 Å². The summed E-state index contributed by atoms with van der Waals surface area (Å²) in [6, 6.07) is 0. The first-order valence-electron chi connectivity index (χ1n) is 22.9. The van der Waals surface area contributed by atoms with E-state index in [0.717, 1.165) is 69.9 Å². The number of carboxylic acids is 1. The number of hydrogen-bond acceptors (Lipinski definition) is 8. The van der Waals surface area contributed by atoms with E-state index in [0.29, 0.717) is 59.9 Å². The Kier molecular flexibility index (Phi) is 10.9. The molecule has 5 fully saturated rings. The van der Waals surface area contributed by atoms with Crippen LogP contribution in [0.4, 0.5) is 0 Å². The number of rotatable bonds is 11. The Hall–Kier alpha value is -3.01. The zero-order chi connectivity index (χ0) is 43.5. The number of nitrogens with zero attached hydrogens (tertiary/aromatic N) is 1. The zero-order valence-electron chi connectivity index (χ0n) is 38.6. The van der Waals surface area contributed by atoms with Crippen molar-refractivity contribution in [2.24, 2.45) is 68.0 Å². The lowest BCUT2D eigenvalue weighted by atomic mass is 9.33. The summed E-state index contributed by atoms with van der Waals surface area (Å²) in [5, 5.41) is 20.5. The van der Waals surface area contributed by atoms with Gasteiger partial charge in [-0.3, -0.25) is 19.2 Å². The fourth-order valence-corrected chi connectivity index (χ4v) is 15.2. The standard InChI is InChI=1S/C49H75N3O7/c1-27(2)37-33(53)25-49(22-23-50-26-43(5,6)51-40(54)38-28(3)52-59-29(38)4)21-20-47(12)30(39(37)49)14-15-35-46(11)18-17-36(45(9,10)34(46)16-19-48(35,47)13)58-42(57)32-24-31(41(55)56)44(32,7)8/h27,30-32,34-36,50H,14-26H2,1-13H3,(H,51,54)(H,55,56)/t30-,31+,32-,34+,35-,36+,46+,47-,48-,49-/m1/s1. The van der Waals surface area contributed by atoms with Crippen molar-refractivity contribution in [3.8, 4) is 0 Å². The summed E-state index contributed by atoms with van der Waals surface area (Å²) in [6.45, 7) is 29.6. The minimum atomic E-state index is -0.827. The largest absolute Gasteiger partial charge is 0.481 e. The minimum Gasteiger partial charge on any atom is -0.481 e. The quantitative estimate of drug-likeness (QED) is 0.147. The lowest BCUT2D eigenvalue weighted by Crippen LogP contribution is -2.66. The number of allylic oxidation sites excluding steroid dienone is 2. The van der Waals surface area contributed by atoms with Crippen molar-refractivity contribution in [1.29, 1.82) is 0 Å². The Bertz CT molecular complexity index is 1900. The van der Waals surface area contributed by atoms with Crippen molar-refractivity contribution >= 4 is 23.6 Å². The van der Waals surface area contributed by atoms with E-state index in [4.69, 9.17) is 9.26 Å². The molecule has 10 nitrogen and oxygen atoms in total. The van der Waals surface area contributed by atoms with Crippen LogP contribution in [0.15, 0.2) is 15.7 Å². The number of ketones is 1. The lowest BCUT2D eigenvalue weighted by Gasteiger charge is -2.72. The number of aromatic nitrogens is 1. The topological polar surface area (TPSA) is 148 Å². The van der Waals surface area contributed by atoms with Crippen LogP contribution in [0.25, 0.3) is 0 Å². The number of nitrogens with one attached hydrogen (secondary N) is 2. The van der Waals surface area contributed by atoms with Gasteiger partial charge in [-0.15, -0.1) is 0 Å². The zero-order valence-corrected chi connectivity index (χ0v) is 38.6. The first kappa shape index (κ1) is 44.1. The molecular weight excluding hydrogens is 743 g/mol. The first-order chi connectivity index (χ1) is 27.3. The van der Waals surface area contributed by atoms with Crippen LogP contribution < -0.4 is 10.6 Å². The molecule has 5 saturated carbocycles. The molecule has 0 aromatic carbocycles. The number of amides is 1. The maximum atomic E-state index is 14.2. The molecule has 328 valence electrons. The number of ether oxygens (including phenoxy) is 1. The monoisotopic (exact) mass is 818 g/mol. The molecule has 0 unspecified atom stereocenters. The fourth-order valence-electron chi connectivity index (χ4n) is 15.2. The molecule has 10 atom stereocenters. The smallest absolute Gasteiger partial charge is 0.309 e. The van der Waals surface area contributed by atoms with E-state index in [1.807, 2.05) is 27.7 Å². The van der Waals surface area contributed by atoms with Gasteiger partial charge in [0.15, 0.2) is 5.78 Å². The van der Waals surface area contributed by atoms with Gasteiger partial charge in [-0.25, -0.2) is 0 Å². The molecule has 1 aromatic rings. The van der Waals surface area contributed by atoms with Crippen LogP contribution in [0.2, 0.25) is 0 Å². The van der Waals surface area contributed by atoms with Gasteiger partial charge in [0.2, 0.25) is 0 Å². The highest BCUT2D eigenvalue weighted by Gasteiger charge is 2.70. The third kappa shape index (κ3) is 6.68. The Balaban J connectivity index is 1.07. The van der Waals surface area contributed by atoms with Crippen LogP contribution in [-0.2, 0) is 19.1 Å². The van der Waals surface area contributed by atoms with Gasteiger partial charge in [0.25, 0.3) is 5.91 Å². The fraction of sp³-hybridized carbons (Fsp3) is 0.816. The normalized spacial score (nSPS) is 38.4. The Morgan fingerprint density at radius 1 is 0.898 bits per heavy atom. The maximum absolute atomic E-state index is 14.2. The molecule has 0 spiro atoms. The SMILES string of the molecule is Cc1noc(C)c1C(=O)NC(C)(C)CNCC[C@@]12CC[C@]3(C)[C@H](CC[C@@H]4[C@@]5(C)CC[C@H](OC(=O)[C@H]6C[C@@H](C(=O)O)C6(C)C)C(C)(C)[C@@H]5CC[C@]43C)C1=C(C(C)C)C(=O)C2. The molecule has 6 aliphatic carbocycles.